The van der Waals surface area contributed by atoms with Gasteiger partial charge in [0, 0.05) is 28.8 Å². The number of aromatic carboxylic acids is 1. The van der Waals surface area contributed by atoms with Crippen LogP contribution in [0.4, 0.5) is 0 Å². The SMILES string of the molecule is Cc1ccc(C(=O)c2cc(C(=O)O)n(C)c2)cc1Br. The number of carboxylic acids is 1. The van der Waals surface area contributed by atoms with Crippen LogP contribution in [0.5, 0.6) is 0 Å². The predicted molar refractivity (Wildman–Crippen MR) is 74.7 cm³/mol. The lowest BCUT2D eigenvalue weighted by atomic mass is 10.0. The minimum absolute atomic E-state index is 0.0922. The summed E-state index contributed by atoms with van der Waals surface area (Å²) in [7, 11) is 1.60. The molecule has 2 aromatic rings. The Kier molecular flexibility index (Phi) is 3.57. The van der Waals surface area contributed by atoms with Crippen LogP contribution in [0.15, 0.2) is 34.9 Å². The van der Waals surface area contributed by atoms with E-state index in [4.69, 9.17) is 5.11 Å². The van der Waals surface area contributed by atoms with E-state index in [9.17, 15) is 9.59 Å². The van der Waals surface area contributed by atoms with Crippen LogP contribution < -0.4 is 0 Å². The van der Waals surface area contributed by atoms with Crippen molar-refractivity contribution in [3.63, 3.8) is 0 Å². The molecule has 98 valence electrons. The maximum Gasteiger partial charge on any atom is 0.352 e. The van der Waals surface area contributed by atoms with E-state index >= 15 is 0 Å². The van der Waals surface area contributed by atoms with Crippen molar-refractivity contribution in [1.82, 2.24) is 4.57 Å². The van der Waals surface area contributed by atoms with E-state index < -0.39 is 5.97 Å². The molecular weight excluding hydrogens is 310 g/mol. The van der Waals surface area contributed by atoms with Crippen molar-refractivity contribution < 1.29 is 14.7 Å². The first kappa shape index (κ1) is 13.5. The Morgan fingerprint density at radius 3 is 2.42 bits per heavy atom. The van der Waals surface area contributed by atoms with Gasteiger partial charge in [0.25, 0.3) is 0 Å². The zero-order valence-electron chi connectivity index (χ0n) is 10.5. The zero-order valence-corrected chi connectivity index (χ0v) is 12.1. The number of ketones is 1. The minimum Gasteiger partial charge on any atom is -0.477 e. The Morgan fingerprint density at radius 1 is 1.21 bits per heavy atom. The fourth-order valence-corrected chi connectivity index (χ4v) is 2.18. The second-order valence-corrected chi connectivity index (χ2v) is 5.18. The van der Waals surface area contributed by atoms with Gasteiger partial charge in [-0.25, -0.2) is 4.79 Å². The molecule has 4 nitrogen and oxygen atoms in total. The summed E-state index contributed by atoms with van der Waals surface area (Å²) in [4.78, 5) is 23.2. The number of carboxylic acid groups (broad SMARTS) is 1. The first-order valence-electron chi connectivity index (χ1n) is 5.60. The number of rotatable bonds is 3. The average Bonchev–Trinajstić information content (AvgIpc) is 2.74. The molecule has 0 aliphatic rings. The molecule has 0 bridgehead atoms. The van der Waals surface area contributed by atoms with Crippen molar-refractivity contribution in [3.8, 4) is 0 Å². The highest BCUT2D eigenvalue weighted by molar-refractivity contribution is 9.10. The number of benzene rings is 1. The van der Waals surface area contributed by atoms with Gasteiger partial charge in [-0.2, -0.15) is 0 Å². The maximum atomic E-state index is 12.3. The lowest BCUT2D eigenvalue weighted by molar-refractivity contribution is 0.0686. The molecule has 19 heavy (non-hydrogen) atoms. The smallest absolute Gasteiger partial charge is 0.352 e. The molecule has 0 spiro atoms. The number of aryl methyl sites for hydroxylation is 2. The Labute approximate surface area is 118 Å². The average molecular weight is 322 g/mol. The van der Waals surface area contributed by atoms with Crippen molar-refractivity contribution in [3.05, 3.63) is 57.3 Å². The van der Waals surface area contributed by atoms with Gasteiger partial charge in [-0.15, -0.1) is 0 Å². The number of nitrogens with zero attached hydrogens (tertiary/aromatic N) is 1. The summed E-state index contributed by atoms with van der Waals surface area (Å²) in [6.45, 7) is 1.93. The highest BCUT2D eigenvalue weighted by atomic mass is 79.9. The molecule has 1 N–H and O–H groups in total. The number of aromatic nitrogens is 1. The summed E-state index contributed by atoms with van der Waals surface area (Å²) in [5.74, 6) is -1.24. The molecule has 0 amide bonds. The topological polar surface area (TPSA) is 59.3 Å². The van der Waals surface area contributed by atoms with Crippen molar-refractivity contribution >= 4 is 27.7 Å². The zero-order chi connectivity index (χ0) is 14.2. The van der Waals surface area contributed by atoms with Crippen molar-refractivity contribution in [2.45, 2.75) is 6.92 Å². The third-order valence-electron chi connectivity index (χ3n) is 2.92. The third kappa shape index (κ3) is 2.61. The fraction of sp³-hybridized carbons (Fsp3) is 0.143. The van der Waals surface area contributed by atoms with Crippen LogP contribution in [-0.2, 0) is 7.05 Å². The summed E-state index contributed by atoms with van der Waals surface area (Å²) >= 11 is 3.38. The lowest BCUT2D eigenvalue weighted by Gasteiger charge is -2.02. The third-order valence-corrected chi connectivity index (χ3v) is 3.77. The normalized spacial score (nSPS) is 10.5. The van der Waals surface area contributed by atoms with E-state index in [-0.39, 0.29) is 11.5 Å². The molecule has 2 rings (SSSR count). The van der Waals surface area contributed by atoms with Gasteiger partial charge in [0.05, 0.1) is 0 Å². The van der Waals surface area contributed by atoms with Crippen LogP contribution >= 0.6 is 15.9 Å². The van der Waals surface area contributed by atoms with Crippen molar-refractivity contribution in [1.29, 1.82) is 0 Å². The first-order valence-corrected chi connectivity index (χ1v) is 6.40. The molecule has 0 aliphatic heterocycles. The predicted octanol–water partition coefficient (Wildman–Crippen LogP) is 3.03. The number of carbonyl (C=O) groups excluding carboxylic acids is 1. The molecule has 1 heterocycles. The van der Waals surface area contributed by atoms with Crippen LogP contribution in [0.3, 0.4) is 0 Å². The second-order valence-electron chi connectivity index (χ2n) is 4.32. The highest BCUT2D eigenvalue weighted by Crippen LogP contribution is 2.20. The summed E-state index contributed by atoms with van der Waals surface area (Å²) in [6, 6.07) is 6.71. The van der Waals surface area contributed by atoms with Gasteiger partial charge in [-0.05, 0) is 24.6 Å². The van der Waals surface area contributed by atoms with Gasteiger partial charge < -0.3 is 9.67 Å². The molecule has 5 heteroatoms. The summed E-state index contributed by atoms with van der Waals surface area (Å²) in [5.41, 5.74) is 2.03. The van der Waals surface area contributed by atoms with Gasteiger partial charge in [-0.1, -0.05) is 28.1 Å². The second kappa shape index (κ2) is 5.01. The van der Waals surface area contributed by atoms with Gasteiger partial charge in [0.15, 0.2) is 5.78 Å². The fourth-order valence-electron chi connectivity index (χ4n) is 1.80. The van der Waals surface area contributed by atoms with Crippen LogP contribution in [0, 0.1) is 6.92 Å². The molecule has 0 atom stereocenters. The van der Waals surface area contributed by atoms with E-state index in [1.54, 1.807) is 19.2 Å². The molecule has 0 unspecified atom stereocenters. The van der Waals surface area contributed by atoms with Gasteiger partial charge in [0.2, 0.25) is 0 Å². The number of halogens is 1. The van der Waals surface area contributed by atoms with Gasteiger partial charge in [-0.3, -0.25) is 4.79 Å². The Balaban J connectivity index is 2.41. The number of hydrogen-bond donors (Lipinski definition) is 1. The van der Waals surface area contributed by atoms with Crippen molar-refractivity contribution in [2.75, 3.05) is 0 Å². The molecule has 0 saturated carbocycles. The lowest BCUT2D eigenvalue weighted by Crippen LogP contribution is -2.02. The quantitative estimate of drug-likeness (QED) is 0.884. The summed E-state index contributed by atoms with van der Waals surface area (Å²) in [6.07, 6.45) is 1.53. The van der Waals surface area contributed by atoms with Crippen LogP contribution in [0.1, 0.15) is 32.0 Å². The van der Waals surface area contributed by atoms with Crippen LogP contribution in [0.2, 0.25) is 0 Å². The Bertz CT molecular complexity index is 673. The van der Waals surface area contributed by atoms with Crippen LogP contribution in [0.25, 0.3) is 0 Å². The molecule has 0 fully saturated rings. The van der Waals surface area contributed by atoms with E-state index in [1.165, 1.54) is 16.8 Å². The molecule has 1 aromatic heterocycles. The monoisotopic (exact) mass is 321 g/mol. The largest absolute Gasteiger partial charge is 0.477 e. The van der Waals surface area contributed by atoms with Crippen LogP contribution in [-0.4, -0.2) is 21.4 Å². The summed E-state index contributed by atoms with van der Waals surface area (Å²) in [5, 5.41) is 8.97. The van der Waals surface area contributed by atoms with E-state index in [1.807, 2.05) is 13.0 Å². The number of hydrogen-bond acceptors (Lipinski definition) is 2. The first-order chi connectivity index (χ1) is 8.90. The van der Waals surface area contributed by atoms with Crippen molar-refractivity contribution in [2.24, 2.45) is 7.05 Å². The molecular formula is C14H12BrNO3. The van der Waals surface area contributed by atoms with E-state index in [2.05, 4.69) is 15.9 Å². The van der Waals surface area contributed by atoms with Gasteiger partial charge in [0.1, 0.15) is 5.69 Å². The molecule has 0 aliphatic carbocycles. The maximum absolute atomic E-state index is 12.3. The standard InChI is InChI=1S/C14H12BrNO3/c1-8-3-4-9(5-11(8)15)13(17)10-6-12(14(18)19)16(2)7-10/h3-7H,1-2H3,(H,18,19). The molecule has 1 aromatic carbocycles. The molecule has 0 saturated heterocycles. The number of carbonyl (C=O) groups is 2. The van der Waals surface area contributed by atoms with Gasteiger partial charge >= 0.3 is 5.97 Å². The highest BCUT2D eigenvalue weighted by Gasteiger charge is 2.16. The van der Waals surface area contributed by atoms with E-state index in [0.717, 1.165) is 10.0 Å². The summed E-state index contributed by atoms with van der Waals surface area (Å²) < 4.78 is 2.28. The minimum atomic E-state index is -1.05. The van der Waals surface area contributed by atoms with E-state index in [0.29, 0.717) is 11.1 Å². The Hall–Kier alpha value is -1.88. The Morgan fingerprint density at radius 2 is 1.89 bits per heavy atom. The molecule has 0 radical (unpaired) electrons.